The van der Waals surface area contributed by atoms with Gasteiger partial charge in [0.15, 0.2) is 0 Å². The molecule has 9 heteroatoms. The lowest BCUT2D eigenvalue weighted by atomic mass is 10.1. The molecule has 1 aliphatic rings. The zero-order valence-corrected chi connectivity index (χ0v) is 12.2. The maximum absolute atomic E-state index is 12.1. The Balaban J connectivity index is 2.07. The van der Waals surface area contributed by atoms with Gasteiger partial charge < -0.3 is 4.90 Å². The van der Waals surface area contributed by atoms with Gasteiger partial charge in [-0.3, -0.25) is 14.9 Å². The third-order valence-corrected chi connectivity index (χ3v) is 4.74. The van der Waals surface area contributed by atoms with Crippen LogP contribution in [0.2, 0.25) is 0 Å². The van der Waals surface area contributed by atoms with Gasteiger partial charge in [0.05, 0.1) is 9.82 Å². The van der Waals surface area contributed by atoms with Crippen LogP contribution in [0.1, 0.15) is 6.42 Å². The van der Waals surface area contributed by atoms with E-state index in [1.165, 1.54) is 18.2 Å². The van der Waals surface area contributed by atoms with E-state index in [1.54, 1.807) is 11.9 Å². The van der Waals surface area contributed by atoms with Crippen molar-refractivity contribution in [3.63, 3.8) is 0 Å². The standard InChI is InChI=1S/C12H15N3O5S/c1-14-8-9(5-12(14)16)7-13-21(19,20)11-4-2-3-10(6-11)15(17)18/h2-4,6,9,13H,5,7-8H2,1H3. The van der Waals surface area contributed by atoms with E-state index >= 15 is 0 Å². The number of benzene rings is 1. The van der Waals surface area contributed by atoms with Crippen LogP contribution in [0.5, 0.6) is 0 Å². The maximum Gasteiger partial charge on any atom is 0.270 e. The number of amides is 1. The zero-order chi connectivity index (χ0) is 15.6. The van der Waals surface area contributed by atoms with Crippen LogP contribution in [0.15, 0.2) is 29.2 Å². The summed E-state index contributed by atoms with van der Waals surface area (Å²) in [5.41, 5.74) is -0.284. The Morgan fingerprint density at radius 3 is 2.76 bits per heavy atom. The van der Waals surface area contributed by atoms with E-state index in [0.717, 1.165) is 6.07 Å². The molecule has 8 nitrogen and oxygen atoms in total. The van der Waals surface area contributed by atoms with Crippen molar-refractivity contribution in [2.45, 2.75) is 11.3 Å². The predicted molar refractivity (Wildman–Crippen MR) is 74.0 cm³/mol. The lowest BCUT2D eigenvalue weighted by Gasteiger charge is -2.11. The van der Waals surface area contributed by atoms with Crippen LogP contribution in [0, 0.1) is 16.0 Å². The Morgan fingerprint density at radius 2 is 2.19 bits per heavy atom. The second kappa shape index (κ2) is 5.78. The number of rotatable bonds is 5. The van der Waals surface area contributed by atoms with E-state index in [9.17, 15) is 23.3 Å². The molecule has 0 radical (unpaired) electrons. The number of hydrogen-bond acceptors (Lipinski definition) is 5. The number of likely N-dealkylation sites (tertiary alicyclic amines) is 1. The van der Waals surface area contributed by atoms with Crippen molar-refractivity contribution < 1.29 is 18.1 Å². The van der Waals surface area contributed by atoms with Gasteiger partial charge in [-0.2, -0.15) is 0 Å². The van der Waals surface area contributed by atoms with Gasteiger partial charge in [0.25, 0.3) is 5.69 Å². The van der Waals surface area contributed by atoms with Gasteiger partial charge in [0, 0.05) is 38.7 Å². The molecule has 21 heavy (non-hydrogen) atoms. The molecule has 0 bridgehead atoms. The molecule has 1 amide bonds. The first-order valence-electron chi connectivity index (χ1n) is 6.27. The topological polar surface area (TPSA) is 110 Å². The minimum atomic E-state index is -3.82. The number of non-ortho nitro benzene ring substituents is 1. The third-order valence-electron chi connectivity index (χ3n) is 3.32. The predicted octanol–water partition coefficient (Wildman–Crippen LogP) is 0.351. The van der Waals surface area contributed by atoms with Crippen molar-refractivity contribution >= 4 is 21.6 Å². The molecule has 1 atom stereocenters. The molecule has 1 saturated heterocycles. The molecule has 1 aromatic rings. The van der Waals surface area contributed by atoms with Gasteiger partial charge in [0.1, 0.15) is 0 Å². The summed E-state index contributed by atoms with van der Waals surface area (Å²) in [7, 11) is -2.16. The highest BCUT2D eigenvalue weighted by Crippen LogP contribution is 2.19. The maximum atomic E-state index is 12.1. The van der Waals surface area contributed by atoms with Crippen molar-refractivity contribution in [3.05, 3.63) is 34.4 Å². The number of nitrogens with zero attached hydrogens (tertiary/aromatic N) is 2. The number of sulfonamides is 1. The summed E-state index contributed by atoms with van der Waals surface area (Å²) in [6.07, 6.45) is 0.300. The Hall–Kier alpha value is -2.00. The van der Waals surface area contributed by atoms with Crippen LogP contribution in [0.4, 0.5) is 5.69 Å². The van der Waals surface area contributed by atoms with Gasteiger partial charge in [-0.15, -0.1) is 0 Å². The highest BCUT2D eigenvalue weighted by Gasteiger charge is 2.28. The number of nitrogens with one attached hydrogen (secondary N) is 1. The van der Waals surface area contributed by atoms with E-state index in [0.29, 0.717) is 13.0 Å². The summed E-state index contributed by atoms with van der Waals surface area (Å²) in [5, 5.41) is 10.7. The molecule has 114 valence electrons. The van der Waals surface area contributed by atoms with E-state index in [2.05, 4.69) is 4.72 Å². The summed E-state index contributed by atoms with van der Waals surface area (Å²) in [5.74, 6) is -0.106. The molecule has 1 aliphatic heterocycles. The summed E-state index contributed by atoms with van der Waals surface area (Å²) in [4.78, 5) is 22.8. The van der Waals surface area contributed by atoms with E-state index in [4.69, 9.17) is 0 Å². The van der Waals surface area contributed by atoms with Crippen molar-refractivity contribution in [3.8, 4) is 0 Å². The molecule has 0 aliphatic carbocycles. The van der Waals surface area contributed by atoms with Crippen molar-refractivity contribution in [1.29, 1.82) is 0 Å². The monoisotopic (exact) mass is 313 g/mol. The van der Waals surface area contributed by atoms with Crippen LogP contribution in [0.3, 0.4) is 0 Å². The SMILES string of the molecule is CN1CC(CNS(=O)(=O)c2cccc([N+](=O)[O-])c2)CC1=O. The Bertz CT molecular complexity index is 673. The minimum Gasteiger partial charge on any atom is -0.345 e. The van der Waals surface area contributed by atoms with Gasteiger partial charge in [-0.25, -0.2) is 13.1 Å². The number of nitro benzene ring substituents is 1. The lowest BCUT2D eigenvalue weighted by molar-refractivity contribution is -0.385. The lowest BCUT2D eigenvalue weighted by Crippen LogP contribution is -2.30. The molecule has 1 N–H and O–H groups in total. The van der Waals surface area contributed by atoms with Gasteiger partial charge in [0.2, 0.25) is 15.9 Å². The summed E-state index contributed by atoms with van der Waals surface area (Å²) in [6, 6.07) is 4.85. The van der Waals surface area contributed by atoms with Crippen LogP contribution in [-0.4, -0.2) is 44.3 Å². The molecule has 1 unspecified atom stereocenters. The zero-order valence-electron chi connectivity index (χ0n) is 11.4. The first kappa shape index (κ1) is 15.4. The van der Waals surface area contributed by atoms with Gasteiger partial charge in [-0.05, 0) is 12.0 Å². The molecule has 1 heterocycles. The quantitative estimate of drug-likeness (QED) is 0.623. The minimum absolute atomic E-state index is 0.0189. The van der Waals surface area contributed by atoms with Crippen LogP contribution >= 0.6 is 0 Å². The number of nitro groups is 1. The Kier molecular flexibility index (Phi) is 4.24. The average Bonchev–Trinajstić information content (AvgIpc) is 2.76. The molecule has 1 fully saturated rings. The Labute approximate surface area is 122 Å². The second-order valence-electron chi connectivity index (χ2n) is 4.95. The molecule has 1 aromatic carbocycles. The smallest absolute Gasteiger partial charge is 0.270 e. The molecule has 0 aromatic heterocycles. The first-order chi connectivity index (χ1) is 9.79. The summed E-state index contributed by atoms with van der Waals surface area (Å²) >= 11 is 0. The molecule has 2 rings (SSSR count). The normalized spacial score (nSPS) is 19.0. The van der Waals surface area contributed by atoms with Crippen molar-refractivity contribution in [2.24, 2.45) is 5.92 Å². The van der Waals surface area contributed by atoms with Crippen LogP contribution < -0.4 is 4.72 Å². The molecular weight excluding hydrogens is 298 g/mol. The van der Waals surface area contributed by atoms with Crippen LogP contribution in [-0.2, 0) is 14.8 Å². The van der Waals surface area contributed by atoms with Gasteiger partial charge >= 0.3 is 0 Å². The number of carbonyl (C=O) groups excluding carboxylic acids is 1. The number of hydrogen-bond donors (Lipinski definition) is 1. The van der Waals surface area contributed by atoms with E-state index < -0.39 is 14.9 Å². The van der Waals surface area contributed by atoms with Crippen molar-refractivity contribution in [1.82, 2.24) is 9.62 Å². The van der Waals surface area contributed by atoms with E-state index in [1.807, 2.05) is 0 Å². The van der Waals surface area contributed by atoms with E-state index in [-0.39, 0.29) is 29.0 Å². The summed E-state index contributed by atoms with van der Waals surface area (Å²) < 4.78 is 26.6. The fourth-order valence-corrected chi connectivity index (χ4v) is 3.32. The average molecular weight is 313 g/mol. The first-order valence-corrected chi connectivity index (χ1v) is 7.76. The fraction of sp³-hybridized carbons (Fsp3) is 0.417. The fourth-order valence-electron chi connectivity index (χ4n) is 2.17. The van der Waals surface area contributed by atoms with Gasteiger partial charge in [-0.1, -0.05) is 6.07 Å². The number of carbonyl (C=O) groups is 1. The van der Waals surface area contributed by atoms with Crippen LogP contribution in [0.25, 0.3) is 0 Å². The molecule has 0 saturated carbocycles. The highest BCUT2D eigenvalue weighted by molar-refractivity contribution is 7.89. The third kappa shape index (κ3) is 3.56. The largest absolute Gasteiger partial charge is 0.345 e. The highest BCUT2D eigenvalue weighted by atomic mass is 32.2. The second-order valence-corrected chi connectivity index (χ2v) is 6.72. The van der Waals surface area contributed by atoms with Crippen molar-refractivity contribution in [2.75, 3.05) is 20.1 Å². The molecular formula is C12H15N3O5S. The molecule has 0 spiro atoms. The Morgan fingerprint density at radius 1 is 1.48 bits per heavy atom. The summed E-state index contributed by atoms with van der Waals surface area (Å²) in [6.45, 7) is 0.622.